The SMILES string of the molecule is Cc1c[nH]c2ncnc(N3C=C(C(=O)N[C@H]4CCCNC4)SCC3)c12.Cl. The first-order chi connectivity index (χ1) is 12.2. The molecule has 1 saturated heterocycles. The van der Waals surface area contributed by atoms with Gasteiger partial charge < -0.3 is 20.5 Å². The second kappa shape index (κ2) is 8.28. The fourth-order valence-corrected chi connectivity index (χ4v) is 4.24. The van der Waals surface area contributed by atoms with Crippen LogP contribution in [0.2, 0.25) is 0 Å². The number of carbonyl (C=O) groups is 1. The predicted octanol–water partition coefficient (Wildman–Crippen LogP) is 1.95. The zero-order valence-corrected chi connectivity index (χ0v) is 16.3. The third kappa shape index (κ3) is 3.82. The third-order valence-electron chi connectivity index (χ3n) is 4.64. The number of rotatable bonds is 3. The second-order valence-electron chi connectivity index (χ2n) is 6.44. The lowest BCUT2D eigenvalue weighted by Crippen LogP contribution is -2.46. The Balaban J connectivity index is 0.00000196. The largest absolute Gasteiger partial charge is 0.348 e. The topological polar surface area (TPSA) is 85.9 Å². The maximum absolute atomic E-state index is 12.6. The molecule has 0 bridgehead atoms. The number of aromatic amines is 1. The van der Waals surface area contributed by atoms with Crippen molar-refractivity contribution in [1.82, 2.24) is 25.6 Å². The van der Waals surface area contributed by atoms with E-state index in [0.717, 1.165) is 65.5 Å². The van der Waals surface area contributed by atoms with Gasteiger partial charge in [0, 0.05) is 37.3 Å². The summed E-state index contributed by atoms with van der Waals surface area (Å²) >= 11 is 1.61. The van der Waals surface area contributed by atoms with Gasteiger partial charge in [-0.05, 0) is 31.9 Å². The van der Waals surface area contributed by atoms with E-state index in [1.165, 1.54) is 0 Å². The highest BCUT2D eigenvalue weighted by molar-refractivity contribution is 8.04. The summed E-state index contributed by atoms with van der Waals surface area (Å²) in [5, 5.41) is 7.49. The molecule has 2 aliphatic heterocycles. The normalized spacial score (nSPS) is 20.4. The Labute approximate surface area is 162 Å². The molecule has 0 spiro atoms. The van der Waals surface area contributed by atoms with Crippen molar-refractivity contribution in [3.8, 4) is 0 Å². The van der Waals surface area contributed by atoms with Gasteiger partial charge >= 0.3 is 0 Å². The van der Waals surface area contributed by atoms with E-state index in [0.29, 0.717) is 0 Å². The van der Waals surface area contributed by atoms with Crippen molar-refractivity contribution < 1.29 is 4.79 Å². The van der Waals surface area contributed by atoms with Crippen LogP contribution in [-0.4, -0.2) is 52.3 Å². The van der Waals surface area contributed by atoms with Gasteiger partial charge in [-0.3, -0.25) is 4.79 Å². The minimum Gasteiger partial charge on any atom is -0.348 e. The van der Waals surface area contributed by atoms with Crippen LogP contribution >= 0.6 is 24.2 Å². The number of amides is 1. The number of thioether (sulfide) groups is 1. The third-order valence-corrected chi connectivity index (χ3v) is 5.63. The van der Waals surface area contributed by atoms with Crippen LogP contribution in [0.4, 0.5) is 5.82 Å². The summed E-state index contributed by atoms with van der Waals surface area (Å²) in [5.74, 6) is 1.73. The van der Waals surface area contributed by atoms with Gasteiger partial charge in [-0.25, -0.2) is 9.97 Å². The first-order valence-electron chi connectivity index (χ1n) is 8.64. The smallest absolute Gasteiger partial charge is 0.259 e. The first-order valence-corrected chi connectivity index (χ1v) is 9.62. The van der Waals surface area contributed by atoms with E-state index in [1.807, 2.05) is 19.3 Å². The lowest BCUT2D eigenvalue weighted by molar-refractivity contribution is -0.117. The molecule has 4 rings (SSSR count). The maximum atomic E-state index is 12.6. The Morgan fingerprint density at radius 3 is 3.12 bits per heavy atom. The molecule has 2 aliphatic rings. The Bertz CT molecular complexity index is 817. The van der Waals surface area contributed by atoms with Crippen LogP contribution in [0.1, 0.15) is 18.4 Å². The fraction of sp³-hybridized carbons (Fsp3) is 0.471. The van der Waals surface area contributed by atoms with Gasteiger partial charge in [-0.15, -0.1) is 24.2 Å². The predicted molar refractivity (Wildman–Crippen MR) is 108 cm³/mol. The molecule has 2 aromatic heterocycles. The van der Waals surface area contributed by atoms with Gasteiger partial charge in [0.25, 0.3) is 5.91 Å². The van der Waals surface area contributed by atoms with Crippen molar-refractivity contribution in [2.45, 2.75) is 25.8 Å². The number of aromatic nitrogens is 3. The van der Waals surface area contributed by atoms with Crippen LogP contribution < -0.4 is 15.5 Å². The molecule has 0 aliphatic carbocycles. The Morgan fingerprint density at radius 2 is 2.31 bits per heavy atom. The molecular formula is C17H23ClN6OS. The number of anilines is 1. The minimum atomic E-state index is 0. The molecule has 1 amide bonds. The molecule has 0 radical (unpaired) electrons. The molecule has 1 atom stereocenters. The molecule has 0 saturated carbocycles. The summed E-state index contributed by atoms with van der Waals surface area (Å²) < 4.78 is 0. The number of hydrogen-bond acceptors (Lipinski definition) is 6. The van der Waals surface area contributed by atoms with Crippen LogP contribution in [-0.2, 0) is 4.79 Å². The van der Waals surface area contributed by atoms with E-state index >= 15 is 0 Å². The van der Waals surface area contributed by atoms with Crippen LogP contribution in [0.5, 0.6) is 0 Å². The molecule has 0 unspecified atom stereocenters. The van der Waals surface area contributed by atoms with E-state index in [1.54, 1.807) is 18.1 Å². The lowest BCUT2D eigenvalue weighted by Gasteiger charge is -2.28. The number of fused-ring (bicyclic) bond motifs is 1. The Morgan fingerprint density at radius 1 is 1.42 bits per heavy atom. The quantitative estimate of drug-likeness (QED) is 0.737. The van der Waals surface area contributed by atoms with Crippen LogP contribution in [0, 0.1) is 6.92 Å². The zero-order valence-electron chi connectivity index (χ0n) is 14.6. The van der Waals surface area contributed by atoms with Crippen molar-refractivity contribution >= 4 is 46.9 Å². The highest BCUT2D eigenvalue weighted by Gasteiger charge is 2.23. The Hall–Kier alpha value is -1.77. The summed E-state index contributed by atoms with van der Waals surface area (Å²) in [6, 6.07) is 0.218. The second-order valence-corrected chi connectivity index (χ2v) is 7.58. The van der Waals surface area contributed by atoms with Crippen molar-refractivity contribution in [3.05, 3.63) is 29.2 Å². The number of halogens is 1. The average molecular weight is 395 g/mol. The number of aryl methyl sites for hydroxylation is 1. The number of hydrogen-bond donors (Lipinski definition) is 3. The van der Waals surface area contributed by atoms with Crippen LogP contribution in [0.25, 0.3) is 11.0 Å². The number of nitrogens with one attached hydrogen (secondary N) is 3. The number of piperidine rings is 1. The van der Waals surface area contributed by atoms with Crippen molar-refractivity contribution in [3.63, 3.8) is 0 Å². The Kier molecular flexibility index (Phi) is 6.05. The van der Waals surface area contributed by atoms with Gasteiger partial charge in [-0.1, -0.05) is 0 Å². The monoisotopic (exact) mass is 394 g/mol. The van der Waals surface area contributed by atoms with Crippen molar-refractivity contribution in [1.29, 1.82) is 0 Å². The molecule has 0 aromatic carbocycles. The first kappa shape index (κ1) is 19.0. The summed E-state index contributed by atoms with van der Waals surface area (Å²) in [5.41, 5.74) is 1.94. The molecule has 4 heterocycles. The molecule has 7 nitrogen and oxygen atoms in total. The van der Waals surface area contributed by atoms with Crippen molar-refractivity contribution in [2.24, 2.45) is 0 Å². The fourth-order valence-electron chi connectivity index (χ4n) is 3.34. The number of H-pyrrole nitrogens is 1. The molecule has 140 valence electrons. The van der Waals surface area contributed by atoms with Crippen molar-refractivity contribution in [2.75, 3.05) is 30.3 Å². The average Bonchev–Trinajstić information content (AvgIpc) is 3.04. The lowest BCUT2D eigenvalue weighted by atomic mass is 10.1. The van der Waals surface area contributed by atoms with Gasteiger partial charge in [0.2, 0.25) is 0 Å². The van der Waals surface area contributed by atoms with Crippen LogP contribution in [0.15, 0.2) is 23.6 Å². The maximum Gasteiger partial charge on any atom is 0.259 e. The van der Waals surface area contributed by atoms with Gasteiger partial charge in [0.1, 0.15) is 17.8 Å². The summed E-state index contributed by atoms with van der Waals surface area (Å²) in [7, 11) is 0. The molecular weight excluding hydrogens is 372 g/mol. The van der Waals surface area contributed by atoms with Gasteiger partial charge in [-0.2, -0.15) is 0 Å². The standard InChI is InChI=1S/C17H22N6OS.ClH/c1-11-7-19-15-14(11)16(21-10-20-15)23-5-6-25-13(9-23)17(24)22-12-3-2-4-18-8-12;/h7,9-10,12,18H,2-6,8H2,1H3,(H,22,24)(H,19,20,21);1H/t12-;/m0./s1. The van der Waals surface area contributed by atoms with Gasteiger partial charge in [0.05, 0.1) is 10.3 Å². The van der Waals surface area contributed by atoms with Crippen LogP contribution in [0.3, 0.4) is 0 Å². The summed E-state index contributed by atoms with van der Waals surface area (Å²) in [6.45, 7) is 4.75. The molecule has 2 aromatic rings. The minimum absolute atomic E-state index is 0. The van der Waals surface area contributed by atoms with E-state index in [2.05, 4.69) is 30.5 Å². The molecule has 26 heavy (non-hydrogen) atoms. The summed E-state index contributed by atoms with van der Waals surface area (Å²) in [4.78, 5) is 27.4. The van der Waals surface area contributed by atoms with Gasteiger partial charge in [0.15, 0.2) is 0 Å². The number of nitrogens with zero attached hydrogens (tertiary/aromatic N) is 3. The molecule has 1 fully saturated rings. The number of carbonyl (C=O) groups excluding carboxylic acids is 1. The molecule has 3 N–H and O–H groups in total. The van der Waals surface area contributed by atoms with E-state index in [-0.39, 0.29) is 24.4 Å². The summed E-state index contributed by atoms with van der Waals surface area (Å²) in [6.07, 6.45) is 7.57. The zero-order chi connectivity index (χ0) is 17.2. The highest BCUT2D eigenvalue weighted by Crippen LogP contribution is 2.30. The molecule has 9 heteroatoms. The van der Waals surface area contributed by atoms with E-state index in [9.17, 15) is 4.79 Å². The van der Waals surface area contributed by atoms with E-state index in [4.69, 9.17) is 0 Å². The van der Waals surface area contributed by atoms with E-state index < -0.39 is 0 Å². The highest BCUT2D eigenvalue weighted by atomic mass is 35.5.